The Bertz CT molecular complexity index is 956. The van der Waals surface area contributed by atoms with Gasteiger partial charge in [-0.3, -0.25) is 0 Å². The van der Waals surface area contributed by atoms with Gasteiger partial charge in [-0.25, -0.2) is 9.59 Å². The van der Waals surface area contributed by atoms with E-state index in [-0.39, 0.29) is 18.1 Å². The van der Waals surface area contributed by atoms with Gasteiger partial charge in [-0.05, 0) is 43.0 Å². The van der Waals surface area contributed by atoms with Crippen molar-refractivity contribution in [3.8, 4) is 5.75 Å². The molecule has 32 heavy (non-hydrogen) atoms. The summed E-state index contributed by atoms with van der Waals surface area (Å²) in [5.41, 5.74) is 3.38. The van der Waals surface area contributed by atoms with E-state index in [1.54, 1.807) is 7.11 Å². The zero-order valence-electron chi connectivity index (χ0n) is 18.9. The Balaban J connectivity index is 1.24. The molecule has 1 N–H and O–H groups in total. The largest absolute Gasteiger partial charge is 0.497 e. The molecule has 2 fully saturated rings. The predicted octanol–water partition coefficient (Wildman–Crippen LogP) is 3.62. The molecule has 0 unspecified atom stereocenters. The summed E-state index contributed by atoms with van der Waals surface area (Å²) in [5, 5.41) is 2.99. The molecule has 0 radical (unpaired) electrons. The molecule has 0 atom stereocenters. The van der Waals surface area contributed by atoms with Crippen LogP contribution >= 0.6 is 0 Å². The molecule has 7 nitrogen and oxygen atoms in total. The predicted molar refractivity (Wildman–Crippen MR) is 124 cm³/mol. The molecule has 2 heterocycles. The lowest BCUT2D eigenvalue weighted by molar-refractivity contribution is 0.134. The number of nitrogens with one attached hydrogen (secondary N) is 1. The fourth-order valence-corrected chi connectivity index (χ4v) is 4.57. The highest BCUT2D eigenvalue weighted by molar-refractivity contribution is 5.77. The Morgan fingerprint density at radius 1 is 1.03 bits per heavy atom. The first kappa shape index (κ1) is 22.0. The summed E-state index contributed by atoms with van der Waals surface area (Å²) < 4.78 is 5.23. The number of urea groups is 2. The van der Waals surface area contributed by atoms with Gasteiger partial charge in [0.1, 0.15) is 5.75 Å². The van der Waals surface area contributed by atoms with Crippen LogP contribution in [0.4, 0.5) is 9.59 Å². The minimum absolute atomic E-state index is 0.0555. The number of aryl methyl sites for hydroxylation is 1. The minimum atomic E-state index is -0.0555. The van der Waals surface area contributed by atoms with Crippen LogP contribution < -0.4 is 10.1 Å². The second-order valence-electron chi connectivity index (χ2n) is 8.62. The fourth-order valence-electron chi connectivity index (χ4n) is 4.57. The topological polar surface area (TPSA) is 65.1 Å². The van der Waals surface area contributed by atoms with Crippen molar-refractivity contribution in [1.29, 1.82) is 0 Å². The van der Waals surface area contributed by atoms with E-state index in [1.165, 1.54) is 11.1 Å². The van der Waals surface area contributed by atoms with Gasteiger partial charge in [0.05, 0.1) is 7.11 Å². The van der Waals surface area contributed by atoms with Crippen LogP contribution in [0.3, 0.4) is 0 Å². The number of hydrogen-bond donors (Lipinski definition) is 1. The summed E-state index contributed by atoms with van der Waals surface area (Å²) in [6.45, 7) is 6.04. The highest BCUT2D eigenvalue weighted by Gasteiger charge is 2.35. The van der Waals surface area contributed by atoms with Crippen LogP contribution in [0, 0.1) is 6.92 Å². The van der Waals surface area contributed by atoms with E-state index in [0.717, 1.165) is 37.2 Å². The van der Waals surface area contributed by atoms with Gasteiger partial charge in [0.25, 0.3) is 0 Å². The summed E-state index contributed by atoms with van der Waals surface area (Å²) in [4.78, 5) is 31.3. The monoisotopic (exact) mass is 436 g/mol. The maximum Gasteiger partial charge on any atom is 0.320 e. The second kappa shape index (κ2) is 9.94. The minimum Gasteiger partial charge on any atom is -0.497 e. The van der Waals surface area contributed by atoms with Crippen LogP contribution in [0.2, 0.25) is 0 Å². The lowest BCUT2D eigenvalue weighted by atomic mass is 10.0. The maximum atomic E-state index is 13.0. The molecule has 4 amide bonds. The highest BCUT2D eigenvalue weighted by atomic mass is 16.5. The van der Waals surface area contributed by atoms with Crippen molar-refractivity contribution in [1.82, 2.24) is 20.0 Å². The van der Waals surface area contributed by atoms with Gasteiger partial charge in [0.15, 0.2) is 0 Å². The number of carbonyl (C=O) groups excluding carboxylic acids is 2. The molecule has 7 heteroatoms. The molecule has 2 saturated heterocycles. The lowest BCUT2D eigenvalue weighted by Crippen LogP contribution is -2.50. The highest BCUT2D eigenvalue weighted by Crippen LogP contribution is 2.23. The fraction of sp³-hybridized carbons (Fsp3) is 0.440. The normalized spacial score (nSPS) is 17.1. The Labute approximate surface area is 189 Å². The summed E-state index contributed by atoms with van der Waals surface area (Å²) >= 11 is 0. The third-order valence-corrected chi connectivity index (χ3v) is 6.35. The molecule has 0 saturated carbocycles. The van der Waals surface area contributed by atoms with E-state index in [0.29, 0.717) is 26.2 Å². The van der Waals surface area contributed by atoms with E-state index in [9.17, 15) is 9.59 Å². The summed E-state index contributed by atoms with van der Waals surface area (Å²) in [6, 6.07) is 16.3. The van der Waals surface area contributed by atoms with E-state index >= 15 is 0 Å². The van der Waals surface area contributed by atoms with Crippen molar-refractivity contribution >= 4 is 12.1 Å². The van der Waals surface area contributed by atoms with E-state index < -0.39 is 0 Å². The number of amides is 4. The first-order valence-electron chi connectivity index (χ1n) is 11.3. The van der Waals surface area contributed by atoms with Crippen molar-refractivity contribution in [2.45, 2.75) is 38.9 Å². The van der Waals surface area contributed by atoms with Crippen LogP contribution in [0.15, 0.2) is 48.5 Å². The third-order valence-electron chi connectivity index (χ3n) is 6.35. The lowest BCUT2D eigenvalue weighted by Gasteiger charge is -2.36. The van der Waals surface area contributed by atoms with Crippen molar-refractivity contribution in [2.24, 2.45) is 0 Å². The summed E-state index contributed by atoms with van der Waals surface area (Å²) in [5.74, 6) is 0.782. The molecule has 0 aliphatic carbocycles. The maximum absolute atomic E-state index is 13.0. The number of likely N-dealkylation sites (tertiary alicyclic amines) is 1. The van der Waals surface area contributed by atoms with Crippen molar-refractivity contribution in [3.63, 3.8) is 0 Å². The molecule has 2 aromatic rings. The van der Waals surface area contributed by atoms with Crippen molar-refractivity contribution in [3.05, 3.63) is 65.2 Å². The molecule has 2 aliphatic rings. The number of nitrogens with zero attached hydrogens (tertiary/aromatic N) is 3. The molecule has 2 aromatic carbocycles. The van der Waals surface area contributed by atoms with Crippen LogP contribution in [-0.2, 0) is 13.1 Å². The van der Waals surface area contributed by atoms with E-state index in [2.05, 4.69) is 30.4 Å². The first-order valence-corrected chi connectivity index (χ1v) is 11.3. The molecule has 2 aliphatic heterocycles. The Morgan fingerprint density at radius 3 is 2.53 bits per heavy atom. The van der Waals surface area contributed by atoms with Crippen molar-refractivity contribution in [2.75, 3.05) is 33.3 Å². The molecule has 0 bridgehead atoms. The van der Waals surface area contributed by atoms with Gasteiger partial charge in [0, 0.05) is 45.3 Å². The van der Waals surface area contributed by atoms with Crippen molar-refractivity contribution < 1.29 is 14.3 Å². The molecule has 170 valence electrons. The van der Waals surface area contributed by atoms with Crippen LogP contribution in [0.5, 0.6) is 5.75 Å². The van der Waals surface area contributed by atoms with Gasteiger partial charge >= 0.3 is 12.1 Å². The number of methoxy groups -OCH3 is 1. The van der Waals surface area contributed by atoms with Crippen LogP contribution in [-0.4, -0.2) is 66.1 Å². The Hall–Kier alpha value is -3.22. The second-order valence-corrected chi connectivity index (χ2v) is 8.62. The van der Waals surface area contributed by atoms with Gasteiger partial charge in [-0.15, -0.1) is 0 Å². The number of benzene rings is 2. The SMILES string of the molecule is COc1cccc(CNC(=O)N2CCC(N3CCN(Cc4cccc(C)c4)C3=O)CC2)c1. The zero-order chi connectivity index (χ0) is 22.5. The third kappa shape index (κ3) is 5.15. The van der Waals surface area contributed by atoms with E-state index in [4.69, 9.17) is 4.74 Å². The zero-order valence-corrected chi connectivity index (χ0v) is 18.9. The average Bonchev–Trinajstić information content (AvgIpc) is 3.17. The standard InChI is InChI=1S/C25H32N4O3/c1-19-5-3-7-21(15-19)18-28-13-14-29(25(28)31)22-9-11-27(12-10-22)24(30)26-17-20-6-4-8-23(16-20)32-2/h3-8,15-16,22H,9-14,17-18H2,1-2H3,(H,26,30). The Morgan fingerprint density at radius 2 is 1.78 bits per heavy atom. The number of piperidine rings is 1. The smallest absolute Gasteiger partial charge is 0.320 e. The van der Waals surface area contributed by atoms with Gasteiger partial charge < -0.3 is 24.8 Å². The molecular formula is C25H32N4O3. The Kier molecular flexibility index (Phi) is 6.83. The summed E-state index contributed by atoms with van der Waals surface area (Å²) in [6.07, 6.45) is 1.63. The van der Waals surface area contributed by atoms with Gasteiger partial charge in [-0.2, -0.15) is 0 Å². The average molecular weight is 437 g/mol. The number of carbonyl (C=O) groups is 2. The molecular weight excluding hydrogens is 404 g/mol. The quantitative estimate of drug-likeness (QED) is 0.752. The molecule has 4 rings (SSSR count). The molecule has 0 aromatic heterocycles. The van der Waals surface area contributed by atoms with Gasteiger partial charge in [0.2, 0.25) is 0 Å². The van der Waals surface area contributed by atoms with Gasteiger partial charge in [-0.1, -0.05) is 42.0 Å². The molecule has 0 spiro atoms. The number of rotatable bonds is 6. The number of hydrogen-bond acceptors (Lipinski definition) is 3. The summed E-state index contributed by atoms with van der Waals surface area (Å²) in [7, 11) is 1.63. The first-order chi connectivity index (χ1) is 15.5. The number of ether oxygens (including phenoxy) is 1. The van der Waals surface area contributed by atoms with E-state index in [1.807, 2.05) is 45.0 Å². The van der Waals surface area contributed by atoms with Crippen LogP contribution in [0.25, 0.3) is 0 Å². The van der Waals surface area contributed by atoms with Crippen LogP contribution in [0.1, 0.15) is 29.5 Å².